The number of rotatable bonds is 6. The smallest absolute Gasteiger partial charge is 0.132 e. The topological polar surface area (TPSA) is 37.8 Å². The SMILES string of the molecule is CCNc1nc(CCc2ccccc2)nc(CC)c1C. The van der Waals surface area contributed by atoms with Gasteiger partial charge in [-0.25, -0.2) is 9.97 Å². The molecule has 1 N–H and O–H groups in total. The lowest BCUT2D eigenvalue weighted by Crippen LogP contribution is -2.10. The summed E-state index contributed by atoms with van der Waals surface area (Å²) < 4.78 is 0. The van der Waals surface area contributed by atoms with Crippen molar-refractivity contribution in [1.29, 1.82) is 0 Å². The third-order valence-electron chi connectivity index (χ3n) is 3.45. The zero-order chi connectivity index (χ0) is 14.4. The molecule has 0 saturated carbocycles. The molecule has 1 heterocycles. The lowest BCUT2D eigenvalue weighted by molar-refractivity contribution is 0.824. The van der Waals surface area contributed by atoms with E-state index in [4.69, 9.17) is 4.98 Å². The molecule has 0 spiro atoms. The van der Waals surface area contributed by atoms with Crippen LogP contribution in [0.3, 0.4) is 0 Å². The van der Waals surface area contributed by atoms with Crippen molar-refractivity contribution in [3.63, 3.8) is 0 Å². The van der Waals surface area contributed by atoms with Crippen molar-refractivity contribution in [1.82, 2.24) is 9.97 Å². The molecule has 0 amide bonds. The Bertz CT molecular complexity index is 550. The number of hydrogen-bond acceptors (Lipinski definition) is 3. The zero-order valence-electron chi connectivity index (χ0n) is 12.6. The molecule has 0 fully saturated rings. The molecule has 20 heavy (non-hydrogen) atoms. The van der Waals surface area contributed by atoms with Gasteiger partial charge in [0.15, 0.2) is 0 Å². The Balaban J connectivity index is 2.16. The molecule has 1 aromatic heterocycles. The van der Waals surface area contributed by atoms with Crippen molar-refractivity contribution in [2.75, 3.05) is 11.9 Å². The van der Waals surface area contributed by atoms with Crippen LogP contribution in [0.2, 0.25) is 0 Å². The van der Waals surface area contributed by atoms with Gasteiger partial charge in [0.2, 0.25) is 0 Å². The van der Waals surface area contributed by atoms with Gasteiger partial charge in [0.05, 0.1) is 0 Å². The van der Waals surface area contributed by atoms with Crippen LogP contribution in [0.1, 0.15) is 36.5 Å². The van der Waals surface area contributed by atoms with Crippen molar-refractivity contribution in [3.8, 4) is 0 Å². The summed E-state index contributed by atoms with van der Waals surface area (Å²) in [5.74, 6) is 1.93. The highest BCUT2D eigenvalue weighted by molar-refractivity contribution is 5.45. The van der Waals surface area contributed by atoms with E-state index in [0.29, 0.717) is 0 Å². The van der Waals surface area contributed by atoms with Crippen molar-refractivity contribution >= 4 is 5.82 Å². The number of aryl methyl sites for hydroxylation is 3. The minimum Gasteiger partial charge on any atom is -0.370 e. The van der Waals surface area contributed by atoms with Gasteiger partial charge in [0.25, 0.3) is 0 Å². The fourth-order valence-corrected chi connectivity index (χ4v) is 2.31. The van der Waals surface area contributed by atoms with E-state index in [2.05, 4.69) is 55.3 Å². The maximum atomic E-state index is 4.70. The Morgan fingerprint density at radius 1 is 1.00 bits per heavy atom. The molecule has 0 bridgehead atoms. The van der Waals surface area contributed by atoms with Crippen molar-refractivity contribution in [3.05, 3.63) is 53.0 Å². The number of nitrogens with zero attached hydrogens (tertiary/aromatic N) is 2. The van der Waals surface area contributed by atoms with Crippen molar-refractivity contribution in [2.24, 2.45) is 0 Å². The van der Waals surface area contributed by atoms with Gasteiger partial charge in [0, 0.05) is 24.2 Å². The van der Waals surface area contributed by atoms with Gasteiger partial charge in [-0.05, 0) is 32.3 Å². The van der Waals surface area contributed by atoms with Crippen LogP contribution >= 0.6 is 0 Å². The second-order valence-corrected chi connectivity index (χ2v) is 4.93. The first-order valence-corrected chi connectivity index (χ1v) is 7.38. The van der Waals surface area contributed by atoms with Crippen LogP contribution in [0.5, 0.6) is 0 Å². The van der Waals surface area contributed by atoms with Gasteiger partial charge in [-0.15, -0.1) is 0 Å². The van der Waals surface area contributed by atoms with E-state index in [1.807, 2.05) is 6.07 Å². The molecule has 2 rings (SSSR count). The third-order valence-corrected chi connectivity index (χ3v) is 3.45. The highest BCUT2D eigenvalue weighted by Crippen LogP contribution is 2.17. The number of nitrogens with one attached hydrogen (secondary N) is 1. The molecular weight excluding hydrogens is 246 g/mol. The van der Waals surface area contributed by atoms with Gasteiger partial charge < -0.3 is 5.32 Å². The first-order valence-electron chi connectivity index (χ1n) is 7.38. The fraction of sp³-hybridized carbons (Fsp3) is 0.412. The molecule has 0 atom stereocenters. The van der Waals surface area contributed by atoms with E-state index in [-0.39, 0.29) is 0 Å². The molecule has 0 aliphatic heterocycles. The van der Waals surface area contributed by atoms with Gasteiger partial charge in [-0.1, -0.05) is 37.3 Å². The molecule has 0 saturated heterocycles. The molecule has 0 aliphatic carbocycles. The summed E-state index contributed by atoms with van der Waals surface area (Å²) in [5.41, 5.74) is 3.66. The molecule has 2 aromatic rings. The lowest BCUT2D eigenvalue weighted by Gasteiger charge is -2.12. The number of hydrogen-bond donors (Lipinski definition) is 1. The maximum absolute atomic E-state index is 4.70. The maximum Gasteiger partial charge on any atom is 0.132 e. The summed E-state index contributed by atoms with van der Waals surface area (Å²) in [6, 6.07) is 10.5. The predicted molar refractivity (Wildman–Crippen MR) is 84.2 cm³/mol. The quantitative estimate of drug-likeness (QED) is 0.871. The van der Waals surface area contributed by atoms with E-state index in [1.54, 1.807) is 0 Å². The van der Waals surface area contributed by atoms with Gasteiger partial charge in [-0.2, -0.15) is 0 Å². The summed E-state index contributed by atoms with van der Waals surface area (Å²) in [5, 5.41) is 3.34. The Labute approximate surface area is 121 Å². The van der Waals surface area contributed by atoms with E-state index < -0.39 is 0 Å². The van der Waals surface area contributed by atoms with Gasteiger partial charge in [-0.3, -0.25) is 0 Å². The van der Waals surface area contributed by atoms with E-state index in [1.165, 1.54) is 11.1 Å². The first kappa shape index (κ1) is 14.5. The highest BCUT2D eigenvalue weighted by atomic mass is 15.0. The Hall–Kier alpha value is -1.90. The summed E-state index contributed by atoms with van der Waals surface area (Å²) in [6.45, 7) is 7.22. The second-order valence-electron chi connectivity index (χ2n) is 4.93. The van der Waals surface area contributed by atoms with Crippen LogP contribution in [0, 0.1) is 6.92 Å². The van der Waals surface area contributed by atoms with Crippen LogP contribution in [-0.2, 0) is 19.3 Å². The van der Waals surface area contributed by atoms with Crippen molar-refractivity contribution < 1.29 is 0 Å². The summed E-state index contributed by atoms with van der Waals surface area (Å²) in [4.78, 5) is 9.36. The molecule has 1 aromatic carbocycles. The highest BCUT2D eigenvalue weighted by Gasteiger charge is 2.09. The minimum absolute atomic E-state index is 0.885. The Morgan fingerprint density at radius 3 is 2.40 bits per heavy atom. The van der Waals surface area contributed by atoms with E-state index in [0.717, 1.165) is 43.1 Å². The van der Waals surface area contributed by atoms with Crippen LogP contribution in [0.25, 0.3) is 0 Å². The number of anilines is 1. The third kappa shape index (κ3) is 3.56. The number of benzene rings is 1. The van der Waals surface area contributed by atoms with Gasteiger partial charge in [0.1, 0.15) is 11.6 Å². The molecule has 3 heteroatoms. The monoisotopic (exact) mass is 269 g/mol. The van der Waals surface area contributed by atoms with Crippen molar-refractivity contribution in [2.45, 2.75) is 40.0 Å². The first-order chi connectivity index (χ1) is 9.74. The summed E-state index contributed by atoms with van der Waals surface area (Å²) >= 11 is 0. The summed E-state index contributed by atoms with van der Waals surface area (Å²) in [6.07, 6.45) is 2.82. The van der Waals surface area contributed by atoms with Crippen LogP contribution < -0.4 is 5.32 Å². The Morgan fingerprint density at radius 2 is 1.75 bits per heavy atom. The molecule has 106 valence electrons. The van der Waals surface area contributed by atoms with Gasteiger partial charge >= 0.3 is 0 Å². The Kier molecular flexibility index (Phi) is 5.10. The lowest BCUT2D eigenvalue weighted by atomic mass is 10.1. The summed E-state index contributed by atoms with van der Waals surface area (Å²) in [7, 11) is 0. The van der Waals surface area contributed by atoms with Crippen LogP contribution in [0.15, 0.2) is 30.3 Å². The van der Waals surface area contributed by atoms with Crippen LogP contribution in [0.4, 0.5) is 5.82 Å². The fourth-order valence-electron chi connectivity index (χ4n) is 2.31. The van der Waals surface area contributed by atoms with Crippen LogP contribution in [-0.4, -0.2) is 16.5 Å². The largest absolute Gasteiger partial charge is 0.370 e. The predicted octanol–water partition coefficient (Wildman–Crippen LogP) is 3.56. The number of aromatic nitrogens is 2. The molecule has 0 aliphatic rings. The molecule has 0 unspecified atom stereocenters. The standard InChI is InChI=1S/C17H23N3/c1-4-15-13(3)17(18-5-2)20-16(19-15)12-11-14-9-7-6-8-10-14/h6-10H,4-5,11-12H2,1-3H3,(H,18,19,20). The normalized spacial score (nSPS) is 10.6. The zero-order valence-corrected chi connectivity index (χ0v) is 12.6. The molecule has 3 nitrogen and oxygen atoms in total. The van der Waals surface area contributed by atoms with E-state index in [9.17, 15) is 0 Å². The molecule has 0 radical (unpaired) electrons. The second kappa shape index (κ2) is 7.04. The molecular formula is C17H23N3. The average molecular weight is 269 g/mol. The minimum atomic E-state index is 0.885. The average Bonchev–Trinajstić information content (AvgIpc) is 2.49. The van der Waals surface area contributed by atoms with E-state index >= 15 is 0 Å².